The maximum absolute atomic E-state index is 11.5. The summed E-state index contributed by atoms with van der Waals surface area (Å²) in [7, 11) is 0. The van der Waals surface area contributed by atoms with Crippen molar-refractivity contribution in [2.24, 2.45) is 0 Å². The van der Waals surface area contributed by atoms with Gasteiger partial charge in [-0.25, -0.2) is 0 Å². The monoisotopic (exact) mass is 199 g/mol. The Morgan fingerprint density at radius 2 is 2.43 bits per heavy atom. The molecule has 5 nitrogen and oxygen atoms in total. The zero-order chi connectivity index (χ0) is 10.6. The first-order valence-electron chi connectivity index (χ1n) is 4.74. The number of rotatable bonds is 4. The van der Waals surface area contributed by atoms with Crippen molar-refractivity contribution in [3.05, 3.63) is 0 Å². The summed E-state index contributed by atoms with van der Waals surface area (Å²) in [6.45, 7) is 2.26. The molecule has 0 unspecified atom stereocenters. The van der Waals surface area contributed by atoms with Crippen LogP contribution in [0.2, 0.25) is 0 Å². The fraction of sp³-hybridized carbons (Fsp3) is 0.778. The first kappa shape index (κ1) is 11.1. The van der Waals surface area contributed by atoms with Crippen LogP contribution >= 0.6 is 0 Å². The quantitative estimate of drug-likeness (QED) is 0.526. The Bertz CT molecular complexity index is 212. The number of hydrogen-bond donors (Lipinski definition) is 3. The number of nitrogens with one attached hydrogen (secondary N) is 2. The van der Waals surface area contributed by atoms with E-state index < -0.39 is 12.1 Å². The summed E-state index contributed by atoms with van der Waals surface area (Å²) in [6.07, 6.45) is 2.43. The second-order valence-electron chi connectivity index (χ2n) is 3.49. The Labute approximate surface area is 82.9 Å². The van der Waals surface area contributed by atoms with E-state index in [0.717, 1.165) is 19.4 Å². The third-order valence-electron chi connectivity index (χ3n) is 2.28. The zero-order valence-corrected chi connectivity index (χ0v) is 8.12. The number of aliphatic hydroxyl groups excluding tert-OH is 1. The van der Waals surface area contributed by atoms with Gasteiger partial charge in [-0.2, -0.15) is 0 Å². The number of carbonyl (C=O) groups is 1. The summed E-state index contributed by atoms with van der Waals surface area (Å²) in [6, 6.07) is -1.16. The minimum Gasteiger partial charge on any atom is -0.391 e. The van der Waals surface area contributed by atoms with Crippen molar-refractivity contribution >= 4 is 12.2 Å². The standard InChI is InChI=1S/C9H15N2O3/c1-6(13)8(5-12)11-9(14)7-3-2-4-10-7/h6-8,10,13H,2-4H2,1H3,(H,11,14)/t6-,7+,8-/m1/s1. The summed E-state index contributed by atoms with van der Waals surface area (Å²) >= 11 is 0. The van der Waals surface area contributed by atoms with Gasteiger partial charge in [0.05, 0.1) is 12.1 Å². The van der Waals surface area contributed by atoms with Crippen LogP contribution in [0.5, 0.6) is 0 Å². The lowest BCUT2D eigenvalue weighted by Crippen LogP contribution is -2.49. The highest BCUT2D eigenvalue weighted by molar-refractivity contribution is 5.84. The molecule has 0 aromatic rings. The minimum absolute atomic E-state index is 0.232. The van der Waals surface area contributed by atoms with E-state index in [1.165, 1.54) is 6.92 Å². The average molecular weight is 199 g/mol. The Kier molecular flexibility index (Phi) is 4.03. The molecule has 1 rings (SSSR count). The Hall–Kier alpha value is -0.940. The summed E-state index contributed by atoms with van der Waals surface area (Å²) in [5.41, 5.74) is 0. The Morgan fingerprint density at radius 1 is 1.71 bits per heavy atom. The van der Waals surface area contributed by atoms with E-state index in [0.29, 0.717) is 0 Å². The van der Waals surface area contributed by atoms with E-state index in [-0.39, 0.29) is 11.9 Å². The normalized spacial score (nSPS) is 25.4. The molecule has 0 saturated carbocycles. The van der Waals surface area contributed by atoms with Gasteiger partial charge in [0.15, 0.2) is 0 Å². The third-order valence-corrected chi connectivity index (χ3v) is 2.28. The van der Waals surface area contributed by atoms with Crippen LogP contribution < -0.4 is 10.6 Å². The summed E-state index contributed by atoms with van der Waals surface area (Å²) in [5, 5.41) is 14.5. The first-order chi connectivity index (χ1) is 6.65. The molecule has 0 aromatic carbocycles. The van der Waals surface area contributed by atoms with Gasteiger partial charge in [0.25, 0.3) is 0 Å². The largest absolute Gasteiger partial charge is 0.391 e. The Balaban J connectivity index is 2.41. The van der Waals surface area contributed by atoms with Gasteiger partial charge >= 0.3 is 0 Å². The van der Waals surface area contributed by atoms with Gasteiger partial charge < -0.3 is 15.7 Å². The van der Waals surface area contributed by atoms with Crippen LogP contribution in [0.1, 0.15) is 19.8 Å². The van der Waals surface area contributed by atoms with Crippen molar-refractivity contribution in [1.82, 2.24) is 10.6 Å². The maximum atomic E-state index is 11.5. The van der Waals surface area contributed by atoms with Crippen molar-refractivity contribution in [2.45, 2.75) is 38.0 Å². The van der Waals surface area contributed by atoms with E-state index in [4.69, 9.17) is 5.11 Å². The topological polar surface area (TPSA) is 78.4 Å². The van der Waals surface area contributed by atoms with Crippen molar-refractivity contribution in [2.75, 3.05) is 6.54 Å². The fourth-order valence-corrected chi connectivity index (χ4v) is 1.41. The SMILES string of the molecule is C[C@@H](O)[C@@H]([C]=O)NC(=O)[C@@H]1CCCN1. The van der Waals surface area contributed by atoms with E-state index in [1.54, 1.807) is 6.29 Å². The summed E-state index contributed by atoms with van der Waals surface area (Å²) in [4.78, 5) is 21.8. The lowest BCUT2D eigenvalue weighted by molar-refractivity contribution is -0.123. The van der Waals surface area contributed by atoms with Crippen LogP contribution in [0.15, 0.2) is 0 Å². The van der Waals surface area contributed by atoms with Crippen LogP contribution in [-0.2, 0) is 9.59 Å². The molecular formula is C9H15N2O3. The highest BCUT2D eigenvalue weighted by atomic mass is 16.3. The molecule has 0 aromatic heterocycles. The molecule has 1 heterocycles. The Morgan fingerprint density at radius 3 is 2.86 bits per heavy atom. The van der Waals surface area contributed by atoms with Crippen LogP contribution in [0, 0.1) is 0 Å². The van der Waals surface area contributed by atoms with Crippen LogP contribution in [-0.4, -0.2) is 42.0 Å². The average Bonchev–Trinajstić information content (AvgIpc) is 2.65. The molecule has 3 atom stereocenters. The molecule has 0 spiro atoms. The fourth-order valence-electron chi connectivity index (χ4n) is 1.41. The smallest absolute Gasteiger partial charge is 0.237 e. The molecule has 1 aliphatic heterocycles. The molecule has 5 heteroatoms. The number of hydrogen-bond acceptors (Lipinski definition) is 4. The number of aliphatic hydroxyl groups is 1. The van der Waals surface area contributed by atoms with Crippen LogP contribution in [0.25, 0.3) is 0 Å². The molecule has 14 heavy (non-hydrogen) atoms. The highest BCUT2D eigenvalue weighted by Crippen LogP contribution is 2.05. The molecule has 1 saturated heterocycles. The first-order valence-corrected chi connectivity index (χ1v) is 4.74. The number of carbonyl (C=O) groups excluding carboxylic acids is 2. The van der Waals surface area contributed by atoms with Gasteiger partial charge in [0.2, 0.25) is 12.2 Å². The number of amides is 1. The van der Waals surface area contributed by atoms with E-state index >= 15 is 0 Å². The van der Waals surface area contributed by atoms with Crippen molar-refractivity contribution in [1.29, 1.82) is 0 Å². The van der Waals surface area contributed by atoms with Crippen LogP contribution in [0.3, 0.4) is 0 Å². The third kappa shape index (κ3) is 2.78. The van der Waals surface area contributed by atoms with Crippen molar-refractivity contribution in [3.63, 3.8) is 0 Å². The molecule has 0 aliphatic carbocycles. The second kappa shape index (κ2) is 5.07. The predicted octanol–water partition coefficient (Wildman–Crippen LogP) is -1.29. The summed E-state index contributed by atoms with van der Waals surface area (Å²) in [5.74, 6) is -0.239. The van der Waals surface area contributed by atoms with Crippen LogP contribution in [0.4, 0.5) is 0 Å². The molecule has 1 amide bonds. The molecule has 3 N–H and O–H groups in total. The van der Waals surface area contributed by atoms with E-state index in [2.05, 4.69) is 10.6 Å². The van der Waals surface area contributed by atoms with Gasteiger partial charge in [-0.1, -0.05) is 0 Å². The maximum Gasteiger partial charge on any atom is 0.237 e. The highest BCUT2D eigenvalue weighted by Gasteiger charge is 2.25. The lowest BCUT2D eigenvalue weighted by atomic mass is 10.1. The molecule has 79 valence electrons. The van der Waals surface area contributed by atoms with Crippen molar-refractivity contribution < 1.29 is 14.7 Å². The molecular weight excluding hydrogens is 184 g/mol. The van der Waals surface area contributed by atoms with Gasteiger partial charge in [-0.15, -0.1) is 0 Å². The molecule has 1 fully saturated rings. The molecule has 1 aliphatic rings. The zero-order valence-electron chi connectivity index (χ0n) is 8.12. The second-order valence-corrected chi connectivity index (χ2v) is 3.49. The molecule has 1 radical (unpaired) electrons. The van der Waals surface area contributed by atoms with Gasteiger partial charge in [0, 0.05) is 0 Å². The van der Waals surface area contributed by atoms with E-state index in [9.17, 15) is 9.59 Å². The lowest BCUT2D eigenvalue weighted by Gasteiger charge is -2.17. The van der Waals surface area contributed by atoms with Crippen molar-refractivity contribution in [3.8, 4) is 0 Å². The molecule has 0 bridgehead atoms. The van der Waals surface area contributed by atoms with Gasteiger partial charge in [-0.3, -0.25) is 9.59 Å². The van der Waals surface area contributed by atoms with Gasteiger partial charge in [-0.05, 0) is 26.3 Å². The van der Waals surface area contributed by atoms with E-state index in [1.807, 2.05) is 0 Å². The predicted molar refractivity (Wildman–Crippen MR) is 50.3 cm³/mol. The summed E-state index contributed by atoms with van der Waals surface area (Å²) < 4.78 is 0. The minimum atomic E-state index is -0.926. The van der Waals surface area contributed by atoms with Gasteiger partial charge in [0.1, 0.15) is 6.04 Å².